The highest BCUT2D eigenvalue weighted by molar-refractivity contribution is 7.18. The molecule has 1 aliphatic heterocycles. The molecular formula is C20H23N3O5S. The van der Waals surface area contributed by atoms with Crippen LogP contribution in [0.15, 0.2) is 4.79 Å². The number of nitrogens with zero attached hydrogens (tertiary/aromatic N) is 2. The molecule has 3 heterocycles. The van der Waals surface area contributed by atoms with Crippen LogP contribution in [0.5, 0.6) is 0 Å². The molecule has 2 amide bonds. The number of aromatic nitrogens is 2. The number of esters is 1. The minimum absolute atomic E-state index is 0.241. The summed E-state index contributed by atoms with van der Waals surface area (Å²) in [4.78, 5) is 59.6. The summed E-state index contributed by atoms with van der Waals surface area (Å²) in [7, 11) is 0. The number of nitrogens with one attached hydrogen (secondary N) is 1. The number of rotatable bonds is 4. The van der Waals surface area contributed by atoms with Crippen LogP contribution in [-0.4, -0.2) is 39.2 Å². The van der Waals surface area contributed by atoms with E-state index in [2.05, 4.69) is 9.97 Å². The molecule has 0 spiro atoms. The molecule has 3 unspecified atom stereocenters. The molecular weight excluding hydrogens is 394 g/mol. The maximum atomic E-state index is 12.5. The lowest BCUT2D eigenvalue weighted by Crippen LogP contribution is -2.37. The smallest absolute Gasteiger partial charge is 0.326 e. The van der Waals surface area contributed by atoms with Gasteiger partial charge in [-0.25, -0.2) is 4.98 Å². The van der Waals surface area contributed by atoms with Crippen LogP contribution in [0, 0.1) is 25.7 Å². The van der Waals surface area contributed by atoms with Gasteiger partial charge in [-0.05, 0) is 39.2 Å². The lowest BCUT2D eigenvalue weighted by molar-refractivity contribution is -0.156. The first-order chi connectivity index (χ1) is 13.8. The van der Waals surface area contributed by atoms with E-state index in [9.17, 15) is 19.2 Å². The van der Waals surface area contributed by atoms with Crippen molar-refractivity contribution in [2.24, 2.45) is 11.8 Å². The van der Waals surface area contributed by atoms with E-state index in [0.29, 0.717) is 23.1 Å². The SMILES string of the molecule is Cc1sc2nc(C(C)OC(=O)CN3C(=O)C4CCCCC4C3=O)[nH]c(=O)c2c1C. The first-order valence-corrected chi connectivity index (χ1v) is 10.6. The lowest BCUT2D eigenvalue weighted by Gasteiger charge is -2.19. The Morgan fingerprint density at radius 2 is 1.83 bits per heavy atom. The molecule has 1 aliphatic carbocycles. The third-order valence-corrected chi connectivity index (χ3v) is 7.07. The molecule has 1 saturated carbocycles. The van der Waals surface area contributed by atoms with Gasteiger partial charge in [0.1, 0.15) is 11.4 Å². The Labute approximate surface area is 171 Å². The van der Waals surface area contributed by atoms with Crippen molar-refractivity contribution in [1.82, 2.24) is 14.9 Å². The van der Waals surface area contributed by atoms with E-state index >= 15 is 0 Å². The van der Waals surface area contributed by atoms with Crippen molar-refractivity contribution in [3.63, 3.8) is 0 Å². The van der Waals surface area contributed by atoms with Crippen molar-refractivity contribution in [2.75, 3.05) is 6.54 Å². The number of aryl methyl sites for hydroxylation is 2. The molecule has 0 bridgehead atoms. The number of carbonyl (C=O) groups excluding carboxylic acids is 3. The number of fused-ring (bicyclic) bond motifs is 2. The van der Waals surface area contributed by atoms with Crippen LogP contribution in [0.25, 0.3) is 10.2 Å². The fourth-order valence-corrected chi connectivity index (χ4v) is 5.31. The van der Waals surface area contributed by atoms with Crippen LogP contribution in [-0.2, 0) is 19.1 Å². The second-order valence-corrected chi connectivity index (χ2v) is 9.01. The monoisotopic (exact) mass is 417 g/mol. The highest BCUT2D eigenvalue weighted by Crippen LogP contribution is 2.38. The Hall–Kier alpha value is -2.55. The normalized spacial score (nSPS) is 22.8. The van der Waals surface area contributed by atoms with Gasteiger partial charge in [-0.3, -0.25) is 24.1 Å². The van der Waals surface area contributed by atoms with Crippen molar-refractivity contribution < 1.29 is 19.1 Å². The van der Waals surface area contributed by atoms with Crippen molar-refractivity contribution in [3.05, 3.63) is 26.6 Å². The van der Waals surface area contributed by atoms with Gasteiger partial charge in [0.15, 0.2) is 11.9 Å². The van der Waals surface area contributed by atoms with E-state index in [-0.39, 0.29) is 35.0 Å². The molecule has 4 rings (SSSR count). The van der Waals surface area contributed by atoms with E-state index < -0.39 is 18.6 Å². The third kappa shape index (κ3) is 3.37. The summed E-state index contributed by atoms with van der Waals surface area (Å²) in [5.41, 5.74) is 0.617. The van der Waals surface area contributed by atoms with Crippen LogP contribution in [0.1, 0.15) is 55.0 Å². The maximum Gasteiger partial charge on any atom is 0.326 e. The van der Waals surface area contributed by atoms with Gasteiger partial charge in [0.25, 0.3) is 5.56 Å². The molecule has 2 aliphatic rings. The van der Waals surface area contributed by atoms with E-state index in [1.165, 1.54) is 11.3 Å². The highest BCUT2D eigenvalue weighted by atomic mass is 32.1. The van der Waals surface area contributed by atoms with Gasteiger partial charge in [0, 0.05) is 4.88 Å². The predicted octanol–water partition coefficient (Wildman–Crippen LogP) is 2.38. The average Bonchev–Trinajstić information content (AvgIpc) is 3.10. The summed E-state index contributed by atoms with van der Waals surface area (Å²) in [5.74, 6) is -1.60. The molecule has 154 valence electrons. The number of carbonyl (C=O) groups is 3. The van der Waals surface area contributed by atoms with Crippen molar-refractivity contribution >= 4 is 39.3 Å². The molecule has 3 atom stereocenters. The second-order valence-electron chi connectivity index (χ2n) is 7.81. The zero-order valence-electron chi connectivity index (χ0n) is 16.6. The molecule has 2 aromatic rings. The van der Waals surface area contributed by atoms with Gasteiger partial charge >= 0.3 is 5.97 Å². The largest absolute Gasteiger partial charge is 0.453 e. The number of ether oxygens (including phenoxy) is 1. The Balaban J connectivity index is 1.47. The van der Waals surface area contributed by atoms with Gasteiger partial charge in [-0.2, -0.15) is 0 Å². The number of aromatic amines is 1. The average molecular weight is 417 g/mol. The topological polar surface area (TPSA) is 109 Å². The summed E-state index contributed by atoms with van der Waals surface area (Å²) in [6.07, 6.45) is 2.44. The van der Waals surface area contributed by atoms with Crippen molar-refractivity contribution in [1.29, 1.82) is 0 Å². The minimum Gasteiger partial charge on any atom is -0.453 e. The molecule has 8 nitrogen and oxygen atoms in total. The molecule has 29 heavy (non-hydrogen) atoms. The van der Waals surface area contributed by atoms with Crippen LogP contribution in [0.4, 0.5) is 0 Å². The van der Waals surface area contributed by atoms with Gasteiger partial charge in [0.2, 0.25) is 11.8 Å². The lowest BCUT2D eigenvalue weighted by atomic mass is 9.81. The van der Waals surface area contributed by atoms with Gasteiger partial charge < -0.3 is 9.72 Å². The third-order valence-electron chi connectivity index (χ3n) is 5.97. The van der Waals surface area contributed by atoms with Crippen LogP contribution >= 0.6 is 11.3 Å². The summed E-state index contributed by atoms with van der Waals surface area (Å²) in [6, 6.07) is 0. The molecule has 9 heteroatoms. The zero-order valence-corrected chi connectivity index (χ0v) is 17.4. The van der Waals surface area contributed by atoms with Crippen LogP contribution < -0.4 is 5.56 Å². The molecule has 0 radical (unpaired) electrons. The first kappa shape index (κ1) is 19.8. The fourth-order valence-electron chi connectivity index (χ4n) is 4.27. The standard InChI is InChI=1S/C20H23N3O5S/c1-9-11(3)29-18-15(9)17(25)21-16(22-18)10(2)28-14(24)8-23-19(26)12-6-4-5-7-13(12)20(23)27/h10,12-13H,4-8H2,1-3H3,(H,21,22,25). The molecule has 2 fully saturated rings. The van der Waals surface area contributed by atoms with E-state index in [4.69, 9.17) is 4.74 Å². The number of thiophene rings is 1. The summed E-state index contributed by atoms with van der Waals surface area (Å²) in [5, 5.41) is 0.547. The minimum atomic E-state index is -0.808. The van der Waals surface area contributed by atoms with Gasteiger partial charge in [-0.1, -0.05) is 12.8 Å². The summed E-state index contributed by atoms with van der Waals surface area (Å²) < 4.78 is 5.38. The summed E-state index contributed by atoms with van der Waals surface area (Å²) in [6.45, 7) is 4.99. The molecule has 1 saturated heterocycles. The van der Waals surface area contributed by atoms with Crippen LogP contribution in [0.3, 0.4) is 0 Å². The maximum absolute atomic E-state index is 12.5. The second kappa shape index (κ2) is 7.37. The summed E-state index contributed by atoms with van der Waals surface area (Å²) >= 11 is 1.41. The van der Waals surface area contributed by atoms with E-state index in [0.717, 1.165) is 28.2 Å². The number of amides is 2. The Kier molecular flexibility index (Phi) is 5.02. The number of hydrogen-bond acceptors (Lipinski definition) is 7. The van der Waals surface area contributed by atoms with Crippen molar-refractivity contribution in [2.45, 2.75) is 52.6 Å². The first-order valence-electron chi connectivity index (χ1n) is 9.82. The molecule has 2 aromatic heterocycles. The Bertz CT molecular complexity index is 1050. The van der Waals surface area contributed by atoms with Gasteiger partial charge in [-0.15, -0.1) is 11.3 Å². The molecule has 1 N–H and O–H groups in total. The molecule has 0 aromatic carbocycles. The zero-order chi connectivity index (χ0) is 20.9. The van der Waals surface area contributed by atoms with E-state index in [1.54, 1.807) is 6.92 Å². The van der Waals surface area contributed by atoms with Crippen LogP contribution in [0.2, 0.25) is 0 Å². The fraction of sp³-hybridized carbons (Fsp3) is 0.550. The van der Waals surface area contributed by atoms with Crippen molar-refractivity contribution in [3.8, 4) is 0 Å². The predicted molar refractivity (Wildman–Crippen MR) is 106 cm³/mol. The van der Waals surface area contributed by atoms with Gasteiger partial charge in [0.05, 0.1) is 17.2 Å². The number of hydrogen-bond donors (Lipinski definition) is 1. The Morgan fingerprint density at radius 1 is 1.21 bits per heavy atom. The number of imide groups is 1. The van der Waals surface area contributed by atoms with E-state index in [1.807, 2.05) is 13.8 Å². The highest BCUT2D eigenvalue weighted by Gasteiger charge is 2.48. The quantitative estimate of drug-likeness (QED) is 0.604. The number of likely N-dealkylation sites (tertiary alicyclic amines) is 1. The Morgan fingerprint density at radius 3 is 2.45 bits per heavy atom. The number of H-pyrrole nitrogens is 1.